The number of aromatic carboxylic acids is 1. The molecule has 0 bridgehead atoms. The Bertz CT molecular complexity index is 864. The van der Waals surface area contributed by atoms with E-state index in [0.717, 1.165) is 5.56 Å². The van der Waals surface area contributed by atoms with E-state index in [-0.39, 0.29) is 10.5 Å². The van der Waals surface area contributed by atoms with Gasteiger partial charge in [0.25, 0.3) is 0 Å². The molecule has 0 fully saturated rings. The molecule has 2 rings (SSSR count). The Kier molecular flexibility index (Phi) is 6.39. The Balaban J connectivity index is 2.28. The third kappa shape index (κ3) is 5.06. The molecule has 6 nitrogen and oxygen atoms in total. The van der Waals surface area contributed by atoms with Crippen LogP contribution in [0.25, 0.3) is 0 Å². The van der Waals surface area contributed by atoms with Crippen LogP contribution in [0.4, 0.5) is 5.69 Å². The summed E-state index contributed by atoms with van der Waals surface area (Å²) in [5.41, 5.74) is 1.16. The van der Waals surface area contributed by atoms with Crippen LogP contribution in [0.2, 0.25) is 0 Å². The second kappa shape index (κ2) is 8.33. The molecule has 0 unspecified atom stereocenters. The largest absolute Gasteiger partial charge is 0.478 e. The van der Waals surface area contributed by atoms with E-state index in [1.54, 1.807) is 6.92 Å². The minimum Gasteiger partial charge on any atom is -0.478 e. The zero-order chi connectivity index (χ0) is 19.3. The SMILES string of the molecule is CC(C)CNc1ccc(S(=O)(=O)N[C@@H](C)c2ccccc2)cc1C(=O)O. The number of hydrogen-bond acceptors (Lipinski definition) is 4. The van der Waals surface area contributed by atoms with E-state index in [2.05, 4.69) is 10.0 Å². The normalized spacial score (nSPS) is 12.8. The van der Waals surface area contributed by atoms with Crippen molar-refractivity contribution in [3.05, 3.63) is 59.7 Å². The maximum atomic E-state index is 12.6. The van der Waals surface area contributed by atoms with Crippen LogP contribution in [0.5, 0.6) is 0 Å². The van der Waals surface area contributed by atoms with E-state index in [9.17, 15) is 18.3 Å². The van der Waals surface area contributed by atoms with Gasteiger partial charge in [-0.25, -0.2) is 17.9 Å². The lowest BCUT2D eigenvalue weighted by atomic mass is 10.1. The van der Waals surface area contributed by atoms with Gasteiger partial charge in [0.05, 0.1) is 10.5 Å². The lowest BCUT2D eigenvalue weighted by Gasteiger charge is -2.16. The molecule has 0 radical (unpaired) electrons. The number of carboxylic acid groups (broad SMARTS) is 1. The summed E-state index contributed by atoms with van der Waals surface area (Å²) in [6.45, 7) is 6.33. The van der Waals surface area contributed by atoms with Crippen molar-refractivity contribution < 1.29 is 18.3 Å². The number of sulfonamides is 1. The molecule has 0 aliphatic heterocycles. The summed E-state index contributed by atoms with van der Waals surface area (Å²) in [5.74, 6) is -0.849. The van der Waals surface area contributed by atoms with Gasteiger partial charge < -0.3 is 10.4 Å². The number of anilines is 1. The first kappa shape index (κ1) is 19.9. The molecule has 1 atom stereocenters. The van der Waals surface area contributed by atoms with Crippen molar-refractivity contribution in [3.63, 3.8) is 0 Å². The minimum absolute atomic E-state index is 0.0686. The fourth-order valence-electron chi connectivity index (χ4n) is 2.45. The predicted molar refractivity (Wildman–Crippen MR) is 102 cm³/mol. The second-order valence-electron chi connectivity index (χ2n) is 6.54. The van der Waals surface area contributed by atoms with Crippen LogP contribution in [0, 0.1) is 5.92 Å². The number of nitrogens with one attached hydrogen (secondary N) is 2. The number of carbonyl (C=O) groups is 1. The maximum Gasteiger partial charge on any atom is 0.337 e. The van der Waals surface area contributed by atoms with E-state index in [1.165, 1.54) is 18.2 Å². The predicted octanol–water partition coefficient (Wildman–Crippen LogP) is 3.49. The van der Waals surface area contributed by atoms with Crippen molar-refractivity contribution in [1.82, 2.24) is 4.72 Å². The standard InChI is InChI=1S/C19H24N2O4S/c1-13(2)12-20-18-10-9-16(11-17(18)19(22)23)26(24,25)21-14(3)15-7-5-4-6-8-15/h4-11,13-14,20-21H,12H2,1-3H3,(H,22,23)/t14-/m0/s1. The van der Waals surface area contributed by atoms with Gasteiger partial charge in [-0.15, -0.1) is 0 Å². The lowest BCUT2D eigenvalue weighted by molar-refractivity contribution is 0.0697. The molecule has 0 saturated heterocycles. The molecule has 2 aromatic rings. The van der Waals surface area contributed by atoms with Gasteiger partial charge in [-0.3, -0.25) is 0 Å². The molecule has 0 spiro atoms. The molecule has 2 aromatic carbocycles. The average molecular weight is 376 g/mol. The maximum absolute atomic E-state index is 12.6. The highest BCUT2D eigenvalue weighted by atomic mass is 32.2. The van der Waals surface area contributed by atoms with Crippen molar-refractivity contribution in [2.24, 2.45) is 5.92 Å². The van der Waals surface area contributed by atoms with Gasteiger partial charge in [0.2, 0.25) is 10.0 Å². The van der Waals surface area contributed by atoms with Gasteiger partial charge in [-0.05, 0) is 36.6 Å². The van der Waals surface area contributed by atoms with Crippen molar-refractivity contribution >= 4 is 21.7 Å². The molecule has 140 valence electrons. The summed E-state index contributed by atoms with van der Waals surface area (Å²) in [7, 11) is -3.85. The summed E-state index contributed by atoms with van der Waals surface area (Å²) in [5, 5.41) is 12.5. The minimum atomic E-state index is -3.85. The third-order valence-corrected chi connectivity index (χ3v) is 5.40. The van der Waals surface area contributed by atoms with Gasteiger partial charge in [-0.2, -0.15) is 0 Å². The summed E-state index contributed by atoms with van der Waals surface area (Å²) in [6.07, 6.45) is 0. The summed E-state index contributed by atoms with van der Waals surface area (Å²) < 4.78 is 27.9. The Morgan fingerprint density at radius 2 is 1.73 bits per heavy atom. The van der Waals surface area contributed by atoms with Crippen molar-refractivity contribution in [1.29, 1.82) is 0 Å². The quantitative estimate of drug-likeness (QED) is 0.655. The molecule has 0 heterocycles. The van der Waals surface area contributed by atoms with Gasteiger partial charge in [0, 0.05) is 18.3 Å². The zero-order valence-electron chi connectivity index (χ0n) is 15.1. The molecule has 7 heteroatoms. The Hall–Kier alpha value is -2.38. The molecule has 0 aliphatic rings. The first-order valence-corrected chi connectivity index (χ1v) is 9.87. The summed E-state index contributed by atoms with van der Waals surface area (Å²) >= 11 is 0. The van der Waals surface area contributed by atoms with E-state index in [4.69, 9.17) is 0 Å². The van der Waals surface area contributed by atoms with E-state index in [0.29, 0.717) is 18.2 Å². The van der Waals surface area contributed by atoms with Crippen LogP contribution in [-0.4, -0.2) is 26.0 Å². The summed E-state index contributed by atoms with van der Waals surface area (Å²) in [6, 6.07) is 12.8. The lowest BCUT2D eigenvalue weighted by Crippen LogP contribution is -2.27. The number of rotatable bonds is 8. The topological polar surface area (TPSA) is 95.5 Å². The van der Waals surface area contributed by atoms with Crippen LogP contribution in [0.1, 0.15) is 42.7 Å². The second-order valence-corrected chi connectivity index (χ2v) is 8.25. The monoisotopic (exact) mass is 376 g/mol. The van der Waals surface area contributed by atoms with Crippen LogP contribution in [-0.2, 0) is 10.0 Å². The molecule has 0 amide bonds. The Morgan fingerprint density at radius 3 is 2.31 bits per heavy atom. The molecule has 3 N–H and O–H groups in total. The highest BCUT2D eigenvalue weighted by Crippen LogP contribution is 2.23. The highest BCUT2D eigenvalue weighted by molar-refractivity contribution is 7.89. The van der Waals surface area contributed by atoms with Gasteiger partial charge in [-0.1, -0.05) is 44.2 Å². The van der Waals surface area contributed by atoms with Gasteiger partial charge in [0.15, 0.2) is 0 Å². The first-order chi connectivity index (χ1) is 12.2. The van der Waals surface area contributed by atoms with Crippen LogP contribution in [0.3, 0.4) is 0 Å². The fraction of sp³-hybridized carbons (Fsp3) is 0.316. The Morgan fingerprint density at radius 1 is 1.08 bits per heavy atom. The van der Waals surface area contributed by atoms with Crippen molar-refractivity contribution in [3.8, 4) is 0 Å². The summed E-state index contributed by atoms with van der Waals surface area (Å²) in [4.78, 5) is 11.5. The van der Waals surface area contributed by atoms with Crippen LogP contribution < -0.4 is 10.0 Å². The number of hydrogen-bond donors (Lipinski definition) is 3. The molecular weight excluding hydrogens is 352 g/mol. The van der Waals surface area contributed by atoms with Crippen LogP contribution in [0.15, 0.2) is 53.4 Å². The molecular formula is C19H24N2O4S. The van der Waals surface area contributed by atoms with Crippen molar-refractivity contribution in [2.75, 3.05) is 11.9 Å². The smallest absolute Gasteiger partial charge is 0.337 e. The molecule has 0 aliphatic carbocycles. The molecule has 0 saturated carbocycles. The number of benzene rings is 2. The molecule has 26 heavy (non-hydrogen) atoms. The third-order valence-electron chi connectivity index (χ3n) is 3.86. The van der Waals surface area contributed by atoms with Gasteiger partial charge in [0.1, 0.15) is 0 Å². The number of carboxylic acids is 1. The highest BCUT2D eigenvalue weighted by Gasteiger charge is 2.21. The first-order valence-electron chi connectivity index (χ1n) is 8.39. The Labute approximate surface area is 154 Å². The average Bonchev–Trinajstić information content (AvgIpc) is 2.60. The fourth-order valence-corrected chi connectivity index (χ4v) is 3.70. The van der Waals surface area contributed by atoms with Gasteiger partial charge >= 0.3 is 5.97 Å². The van der Waals surface area contributed by atoms with E-state index in [1.807, 2.05) is 44.2 Å². The van der Waals surface area contributed by atoms with E-state index >= 15 is 0 Å². The van der Waals surface area contributed by atoms with E-state index < -0.39 is 22.0 Å². The zero-order valence-corrected chi connectivity index (χ0v) is 15.9. The van der Waals surface area contributed by atoms with Crippen molar-refractivity contribution in [2.45, 2.75) is 31.7 Å². The molecule has 0 aromatic heterocycles. The van der Waals surface area contributed by atoms with Crippen LogP contribution >= 0.6 is 0 Å².